The normalized spacial score (nSPS) is 11.4. The van der Waals surface area contributed by atoms with E-state index in [9.17, 15) is 4.79 Å². The third-order valence-corrected chi connectivity index (χ3v) is 2.24. The van der Waals surface area contributed by atoms with Gasteiger partial charge in [-0.25, -0.2) is 4.79 Å². The molecule has 1 rings (SSSR count). The first-order valence-electron chi connectivity index (χ1n) is 5.71. The van der Waals surface area contributed by atoms with E-state index in [2.05, 4.69) is 0 Å². The molecule has 0 saturated carbocycles. The third kappa shape index (κ3) is 4.57. The second-order valence-electron chi connectivity index (χ2n) is 5.51. The van der Waals surface area contributed by atoms with E-state index in [1.54, 1.807) is 6.07 Å². The summed E-state index contributed by atoms with van der Waals surface area (Å²) in [4.78, 5) is 21.5. The topological polar surface area (TPSA) is 35.5 Å². The molecule has 0 N–H and O–H groups in total. The van der Waals surface area contributed by atoms with Crippen molar-refractivity contribution in [2.75, 3.05) is 6.61 Å². The molecule has 0 atom stereocenters. The summed E-state index contributed by atoms with van der Waals surface area (Å²) < 4.78 is 0. The van der Waals surface area contributed by atoms with Crippen LogP contribution in [0.2, 0.25) is 0 Å². The quantitative estimate of drug-likeness (QED) is 0.595. The molecule has 1 aromatic rings. The number of hydrogen-bond donors (Lipinski definition) is 0. The molecular formula is C14H20O3. The molecule has 0 aliphatic heterocycles. The van der Waals surface area contributed by atoms with Gasteiger partial charge in [-0.2, -0.15) is 4.89 Å². The summed E-state index contributed by atoms with van der Waals surface area (Å²) in [5.74, 6) is -0.435. The van der Waals surface area contributed by atoms with Crippen LogP contribution in [0, 0.1) is 19.3 Å². The van der Waals surface area contributed by atoms with Crippen LogP contribution in [-0.4, -0.2) is 12.6 Å². The Labute approximate surface area is 103 Å². The molecule has 0 amide bonds. The van der Waals surface area contributed by atoms with Crippen molar-refractivity contribution in [3.63, 3.8) is 0 Å². The zero-order valence-corrected chi connectivity index (χ0v) is 11.2. The lowest BCUT2D eigenvalue weighted by molar-refractivity contribution is -0.255. The highest BCUT2D eigenvalue weighted by Crippen LogP contribution is 2.15. The van der Waals surface area contributed by atoms with Gasteiger partial charge in [0.2, 0.25) is 0 Å². The van der Waals surface area contributed by atoms with E-state index in [1.807, 2.05) is 46.8 Å². The van der Waals surface area contributed by atoms with Crippen molar-refractivity contribution >= 4 is 5.97 Å². The van der Waals surface area contributed by atoms with Gasteiger partial charge in [-0.05, 0) is 30.9 Å². The van der Waals surface area contributed by atoms with Gasteiger partial charge >= 0.3 is 5.97 Å². The van der Waals surface area contributed by atoms with Gasteiger partial charge < -0.3 is 0 Å². The Morgan fingerprint density at radius 3 is 2.47 bits per heavy atom. The Balaban J connectivity index is 2.61. The first kappa shape index (κ1) is 13.7. The first-order chi connectivity index (χ1) is 7.79. The molecule has 3 nitrogen and oxygen atoms in total. The van der Waals surface area contributed by atoms with Crippen molar-refractivity contribution in [2.45, 2.75) is 34.6 Å². The van der Waals surface area contributed by atoms with Gasteiger partial charge in [-0.15, -0.1) is 0 Å². The average Bonchev–Trinajstić information content (AvgIpc) is 2.19. The van der Waals surface area contributed by atoms with E-state index in [0.29, 0.717) is 12.2 Å². The zero-order chi connectivity index (χ0) is 13.1. The van der Waals surface area contributed by atoms with Crippen LogP contribution in [0.1, 0.15) is 42.3 Å². The number of benzene rings is 1. The van der Waals surface area contributed by atoms with Gasteiger partial charge in [0.15, 0.2) is 0 Å². The molecule has 0 unspecified atom stereocenters. The van der Waals surface area contributed by atoms with Crippen molar-refractivity contribution in [3.05, 3.63) is 34.9 Å². The van der Waals surface area contributed by atoms with Crippen LogP contribution in [0.25, 0.3) is 0 Å². The summed E-state index contributed by atoms with van der Waals surface area (Å²) in [6.45, 7) is 10.2. The van der Waals surface area contributed by atoms with Gasteiger partial charge in [0.1, 0.15) is 0 Å². The van der Waals surface area contributed by atoms with Crippen LogP contribution in [0.3, 0.4) is 0 Å². The molecule has 1 aromatic carbocycles. The molecule has 0 spiro atoms. The molecule has 0 fully saturated rings. The number of hydrogen-bond acceptors (Lipinski definition) is 3. The molecule has 17 heavy (non-hydrogen) atoms. The minimum absolute atomic E-state index is 0.0259. The summed E-state index contributed by atoms with van der Waals surface area (Å²) in [7, 11) is 0. The van der Waals surface area contributed by atoms with E-state index in [-0.39, 0.29) is 5.41 Å². The van der Waals surface area contributed by atoms with Gasteiger partial charge in [-0.1, -0.05) is 38.5 Å². The molecule has 0 aliphatic rings. The summed E-state index contributed by atoms with van der Waals surface area (Å²) in [6.07, 6.45) is 0. The van der Waals surface area contributed by atoms with Crippen LogP contribution < -0.4 is 0 Å². The van der Waals surface area contributed by atoms with Crippen molar-refractivity contribution in [1.82, 2.24) is 0 Å². The maximum absolute atomic E-state index is 11.8. The molecular weight excluding hydrogens is 216 g/mol. The number of carbonyl (C=O) groups is 1. The number of aryl methyl sites for hydroxylation is 2. The Morgan fingerprint density at radius 1 is 1.24 bits per heavy atom. The van der Waals surface area contributed by atoms with E-state index in [4.69, 9.17) is 9.78 Å². The standard InChI is InChI=1S/C14H20O3/c1-10-6-7-11(2)12(8-10)13(15)17-16-9-14(3,4)5/h6-8H,9H2,1-5H3. The first-order valence-corrected chi connectivity index (χ1v) is 5.71. The van der Waals surface area contributed by atoms with Crippen LogP contribution >= 0.6 is 0 Å². The Morgan fingerprint density at radius 2 is 1.88 bits per heavy atom. The monoisotopic (exact) mass is 236 g/mol. The van der Waals surface area contributed by atoms with Crippen LogP contribution in [0.15, 0.2) is 18.2 Å². The Kier molecular flexibility index (Phi) is 4.29. The maximum Gasteiger partial charge on any atom is 0.373 e. The third-order valence-electron chi connectivity index (χ3n) is 2.24. The van der Waals surface area contributed by atoms with E-state index in [1.165, 1.54) is 0 Å². The minimum Gasteiger partial charge on any atom is -0.293 e. The van der Waals surface area contributed by atoms with Crippen molar-refractivity contribution in [1.29, 1.82) is 0 Å². The maximum atomic E-state index is 11.8. The molecule has 0 bridgehead atoms. The molecule has 0 saturated heterocycles. The second kappa shape index (κ2) is 5.32. The van der Waals surface area contributed by atoms with Crippen LogP contribution in [-0.2, 0) is 9.78 Å². The van der Waals surface area contributed by atoms with Gasteiger partial charge in [0.25, 0.3) is 0 Å². The van der Waals surface area contributed by atoms with Crippen molar-refractivity contribution in [2.24, 2.45) is 5.41 Å². The highest BCUT2D eigenvalue weighted by molar-refractivity contribution is 5.90. The highest BCUT2D eigenvalue weighted by atomic mass is 17.2. The smallest absolute Gasteiger partial charge is 0.293 e. The fourth-order valence-corrected chi connectivity index (χ4v) is 1.26. The lowest BCUT2D eigenvalue weighted by Crippen LogP contribution is -2.17. The molecule has 3 heteroatoms. The lowest BCUT2D eigenvalue weighted by Gasteiger charge is -2.16. The van der Waals surface area contributed by atoms with Gasteiger partial charge in [-0.3, -0.25) is 4.89 Å². The SMILES string of the molecule is Cc1ccc(C)c(C(=O)OOCC(C)(C)C)c1. The lowest BCUT2D eigenvalue weighted by atomic mass is 9.99. The minimum atomic E-state index is -0.435. The van der Waals surface area contributed by atoms with Crippen LogP contribution in [0.5, 0.6) is 0 Å². The fraction of sp³-hybridized carbons (Fsp3) is 0.500. The summed E-state index contributed by atoms with van der Waals surface area (Å²) in [5.41, 5.74) is 2.44. The second-order valence-corrected chi connectivity index (χ2v) is 5.51. The Bertz CT molecular complexity index is 402. The number of carbonyl (C=O) groups excluding carboxylic acids is 1. The van der Waals surface area contributed by atoms with Crippen molar-refractivity contribution in [3.8, 4) is 0 Å². The molecule has 0 aromatic heterocycles. The Hall–Kier alpha value is -1.35. The average molecular weight is 236 g/mol. The summed E-state index contributed by atoms with van der Waals surface area (Å²) in [6, 6.07) is 5.66. The fourth-order valence-electron chi connectivity index (χ4n) is 1.26. The molecule has 0 heterocycles. The van der Waals surface area contributed by atoms with Crippen LogP contribution in [0.4, 0.5) is 0 Å². The number of rotatable bonds is 3. The van der Waals surface area contributed by atoms with E-state index < -0.39 is 5.97 Å². The molecule has 94 valence electrons. The van der Waals surface area contributed by atoms with Gasteiger partial charge in [0, 0.05) is 0 Å². The largest absolute Gasteiger partial charge is 0.373 e. The molecule has 0 radical (unpaired) electrons. The van der Waals surface area contributed by atoms with E-state index in [0.717, 1.165) is 11.1 Å². The predicted octanol–water partition coefficient (Wildman–Crippen LogP) is 3.44. The van der Waals surface area contributed by atoms with Gasteiger partial charge in [0.05, 0.1) is 12.2 Å². The van der Waals surface area contributed by atoms with E-state index >= 15 is 0 Å². The van der Waals surface area contributed by atoms with Crippen molar-refractivity contribution < 1.29 is 14.6 Å². The molecule has 0 aliphatic carbocycles. The highest BCUT2D eigenvalue weighted by Gasteiger charge is 2.15. The summed E-state index contributed by atoms with van der Waals surface area (Å²) >= 11 is 0. The zero-order valence-electron chi connectivity index (χ0n) is 11.2. The summed E-state index contributed by atoms with van der Waals surface area (Å²) in [5, 5.41) is 0. The predicted molar refractivity (Wildman–Crippen MR) is 66.7 cm³/mol.